The Bertz CT molecular complexity index is 190. The number of cyclic esters (lactones) is 1. The topological polar surface area (TPSA) is 32.8 Å². The Labute approximate surface area is 78.4 Å². The van der Waals surface area contributed by atoms with Crippen molar-refractivity contribution in [3.8, 4) is 0 Å². The number of carbonyl (C=O) groups is 1. The lowest BCUT2D eigenvalue weighted by molar-refractivity contribution is 0.155. The van der Waals surface area contributed by atoms with E-state index in [1.165, 1.54) is 25.9 Å². The molecule has 0 atom stereocenters. The second-order valence-electron chi connectivity index (χ2n) is 3.65. The highest BCUT2D eigenvalue weighted by Gasteiger charge is 2.22. The fourth-order valence-electron chi connectivity index (χ4n) is 1.90. The highest BCUT2D eigenvalue weighted by Crippen LogP contribution is 2.08. The van der Waals surface area contributed by atoms with Gasteiger partial charge in [-0.2, -0.15) is 0 Å². The largest absolute Gasteiger partial charge is 0.448 e. The van der Waals surface area contributed by atoms with Crippen LogP contribution < -0.4 is 0 Å². The zero-order valence-electron chi connectivity index (χ0n) is 7.87. The number of ether oxygens (including phenoxy) is 1. The van der Waals surface area contributed by atoms with E-state index in [2.05, 4.69) is 4.90 Å². The first-order valence-corrected chi connectivity index (χ1v) is 5.00. The lowest BCUT2D eigenvalue weighted by Gasteiger charge is -2.18. The van der Waals surface area contributed by atoms with Crippen LogP contribution in [-0.4, -0.2) is 55.2 Å². The molecule has 74 valence electrons. The van der Waals surface area contributed by atoms with Crippen LogP contribution in [0.4, 0.5) is 4.79 Å². The molecule has 13 heavy (non-hydrogen) atoms. The number of rotatable bonds is 3. The van der Waals surface area contributed by atoms with Crippen LogP contribution >= 0.6 is 0 Å². The molecule has 0 spiro atoms. The van der Waals surface area contributed by atoms with Gasteiger partial charge in [0.1, 0.15) is 6.61 Å². The lowest BCUT2D eigenvalue weighted by atomic mass is 10.4. The zero-order valence-corrected chi connectivity index (χ0v) is 7.87. The van der Waals surface area contributed by atoms with E-state index in [-0.39, 0.29) is 6.09 Å². The molecule has 4 nitrogen and oxygen atoms in total. The molecule has 2 aliphatic rings. The van der Waals surface area contributed by atoms with Gasteiger partial charge in [-0.3, -0.25) is 0 Å². The molecule has 0 aliphatic carbocycles. The number of hydrogen-bond donors (Lipinski definition) is 0. The maximum absolute atomic E-state index is 11.1. The van der Waals surface area contributed by atoms with Crippen molar-refractivity contribution < 1.29 is 9.53 Å². The molecule has 0 radical (unpaired) electrons. The van der Waals surface area contributed by atoms with Crippen LogP contribution in [0.3, 0.4) is 0 Å². The number of hydrogen-bond acceptors (Lipinski definition) is 3. The fraction of sp³-hybridized carbons (Fsp3) is 0.889. The predicted octanol–water partition coefficient (Wildman–Crippen LogP) is 0.534. The molecule has 0 unspecified atom stereocenters. The van der Waals surface area contributed by atoms with Gasteiger partial charge in [-0.15, -0.1) is 0 Å². The molecule has 1 amide bonds. The van der Waals surface area contributed by atoms with E-state index in [1.807, 2.05) is 0 Å². The molecule has 0 aromatic carbocycles. The number of nitrogens with zero attached hydrogens (tertiary/aromatic N) is 2. The number of likely N-dealkylation sites (tertiary alicyclic amines) is 1. The van der Waals surface area contributed by atoms with Gasteiger partial charge in [-0.1, -0.05) is 0 Å². The molecule has 0 aromatic rings. The molecular formula is C9H16N2O2. The smallest absolute Gasteiger partial charge is 0.409 e. The molecule has 2 heterocycles. The summed E-state index contributed by atoms with van der Waals surface area (Å²) in [4.78, 5) is 15.3. The van der Waals surface area contributed by atoms with E-state index in [1.54, 1.807) is 4.90 Å². The summed E-state index contributed by atoms with van der Waals surface area (Å²) in [6, 6.07) is 0. The standard InChI is InChI=1S/C9H16N2O2/c12-9-11(7-8-13-9)6-5-10-3-1-2-4-10/h1-8H2. The third kappa shape index (κ3) is 2.12. The molecule has 2 rings (SSSR count). The van der Waals surface area contributed by atoms with Gasteiger partial charge in [-0.25, -0.2) is 4.79 Å². The van der Waals surface area contributed by atoms with E-state index in [4.69, 9.17) is 4.74 Å². The van der Waals surface area contributed by atoms with Crippen molar-refractivity contribution in [3.63, 3.8) is 0 Å². The minimum Gasteiger partial charge on any atom is -0.448 e. The quantitative estimate of drug-likeness (QED) is 0.641. The normalized spacial score (nSPS) is 24.0. The van der Waals surface area contributed by atoms with Crippen LogP contribution in [0.1, 0.15) is 12.8 Å². The third-order valence-electron chi connectivity index (χ3n) is 2.73. The average Bonchev–Trinajstić information content (AvgIpc) is 2.72. The number of carbonyl (C=O) groups excluding carboxylic acids is 1. The lowest BCUT2D eigenvalue weighted by Crippen LogP contribution is -2.34. The Morgan fingerprint density at radius 3 is 2.54 bits per heavy atom. The van der Waals surface area contributed by atoms with Crippen molar-refractivity contribution in [1.82, 2.24) is 9.80 Å². The van der Waals surface area contributed by atoms with E-state index in [0.29, 0.717) is 6.61 Å². The molecule has 2 fully saturated rings. The first kappa shape index (κ1) is 8.81. The first-order valence-electron chi connectivity index (χ1n) is 5.00. The van der Waals surface area contributed by atoms with Gasteiger partial charge < -0.3 is 14.5 Å². The zero-order chi connectivity index (χ0) is 9.10. The SMILES string of the molecule is O=C1OCCN1CCN1CCCC1. The van der Waals surface area contributed by atoms with Crippen LogP contribution in [-0.2, 0) is 4.74 Å². The van der Waals surface area contributed by atoms with Crippen molar-refractivity contribution in [2.45, 2.75) is 12.8 Å². The minimum absolute atomic E-state index is 0.140. The molecule has 0 aromatic heterocycles. The summed E-state index contributed by atoms with van der Waals surface area (Å²) >= 11 is 0. The van der Waals surface area contributed by atoms with Gasteiger partial charge in [0, 0.05) is 13.1 Å². The van der Waals surface area contributed by atoms with Crippen molar-refractivity contribution in [1.29, 1.82) is 0 Å². The van der Waals surface area contributed by atoms with Crippen molar-refractivity contribution in [2.24, 2.45) is 0 Å². The van der Waals surface area contributed by atoms with E-state index >= 15 is 0 Å². The van der Waals surface area contributed by atoms with E-state index < -0.39 is 0 Å². The van der Waals surface area contributed by atoms with Gasteiger partial charge in [0.25, 0.3) is 0 Å². The van der Waals surface area contributed by atoms with Gasteiger partial charge >= 0.3 is 6.09 Å². The molecular weight excluding hydrogens is 168 g/mol. The van der Waals surface area contributed by atoms with Crippen LogP contribution in [0.2, 0.25) is 0 Å². The summed E-state index contributed by atoms with van der Waals surface area (Å²) in [6.45, 7) is 5.57. The fourth-order valence-corrected chi connectivity index (χ4v) is 1.90. The molecule has 0 saturated carbocycles. The van der Waals surface area contributed by atoms with Gasteiger partial charge in [-0.05, 0) is 25.9 Å². The third-order valence-corrected chi connectivity index (χ3v) is 2.73. The first-order chi connectivity index (χ1) is 6.36. The molecule has 2 saturated heterocycles. The molecule has 2 aliphatic heterocycles. The van der Waals surface area contributed by atoms with Crippen molar-refractivity contribution in [3.05, 3.63) is 0 Å². The minimum atomic E-state index is -0.140. The summed E-state index contributed by atoms with van der Waals surface area (Å²) in [7, 11) is 0. The van der Waals surface area contributed by atoms with Gasteiger partial charge in [0.2, 0.25) is 0 Å². The second kappa shape index (κ2) is 3.96. The highest BCUT2D eigenvalue weighted by atomic mass is 16.6. The Morgan fingerprint density at radius 1 is 1.15 bits per heavy atom. The van der Waals surface area contributed by atoms with Gasteiger partial charge in [0.05, 0.1) is 6.54 Å². The second-order valence-corrected chi connectivity index (χ2v) is 3.65. The summed E-state index contributed by atoms with van der Waals surface area (Å²) in [5.41, 5.74) is 0. The number of amides is 1. The molecule has 4 heteroatoms. The highest BCUT2D eigenvalue weighted by molar-refractivity contribution is 5.69. The summed E-state index contributed by atoms with van der Waals surface area (Å²) in [5.74, 6) is 0. The van der Waals surface area contributed by atoms with Gasteiger partial charge in [0.15, 0.2) is 0 Å². The Kier molecular flexibility index (Phi) is 2.68. The summed E-state index contributed by atoms with van der Waals surface area (Å²) in [6.07, 6.45) is 2.48. The van der Waals surface area contributed by atoms with Crippen LogP contribution in [0, 0.1) is 0 Å². The summed E-state index contributed by atoms with van der Waals surface area (Å²) < 4.78 is 4.85. The molecule has 0 bridgehead atoms. The summed E-state index contributed by atoms with van der Waals surface area (Å²) in [5, 5.41) is 0. The van der Waals surface area contributed by atoms with Crippen molar-refractivity contribution >= 4 is 6.09 Å². The maximum atomic E-state index is 11.1. The molecule has 0 N–H and O–H groups in total. The van der Waals surface area contributed by atoms with Crippen LogP contribution in [0.5, 0.6) is 0 Å². The van der Waals surface area contributed by atoms with Crippen LogP contribution in [0.25, 0.3) is 0 Å². The predicted molar refractivity (Wildman–Crippen MR) is 48.6 cm³/mol. The van der Waals surface area contributed by atoms with Crippen LogP contribution in [0.15, 0.2) is 0 Å². The Morgan fingerprint density at radius 2 is 1.92 bits per heavy atom. The Hall–Kier alpha value is -0.770. The average molecular weight is 184 g/mol. The maximum Gasteiger partial charge on any atom is 0.409 e. The van der Waals surface area contributed by atoms with E-state index in [0.717, 1.165) is 19.6 Å². The van der Waals surface area contributed by atoms with Crippen molar-refractivity contribution in [2.75, 3.05) is 39.3 Å². The Balaban J connectivity index is 1.69. The monoisotopic (exact) mass is 184 g/mol. The van der Waals surface area contributed by atoms with E-state index in [9.17, 15) is 4.79 Å².